The fourth-order valence-corrected chi connectivity index (χ4v) is 5.59. The maximum absolute atomic E-state index is 13.7. The minimum atomic E-state index is -0.0882. The third-order valence-corrected chi connectivity index (χ3v) is 7.90. The molecule has 0 spiro atoms. The van der Waals surface area contributed by atoms with Crippen molar-refractivity contribution >= 4 is 27.8 Å². The molecule has 7 rings (SSSR count). The van der Waals surface area contributed by atoms with E-state index in [9.17, 15) is 9.59 Å². The van der Waals surface area contributed by atoms with Crippen molar-refractivity contribution < 1.29 is 4.79 Å². The van der Waals surface area contributed by atoms with Gasteiger partial charge in [-0.3, -0.25) is 23.8 Å². The third kappa shape index (κ3) is 3.97. The SMILES string of the molecule is Cn1ncc2c(=O)n(C[C@@H]3CCN(C(=O)C4CC4)C3)c(-c3ccc(-c4ccc5cccnc5c4)cc3)nc21. The summed E-state index contributed by atoms with van der Waals surface area (Å²) in [6.07, 6.45) is 6.32. The van der Waals surface area contributed by atoms with Gasteiger partial charge in [0, 0.05) is 49.7 Å². The molecule has 1 aliphatic carbocycles. The monoisotopic (exact) mass is 504 g/mol. The lowest BCUT2D eigenvalue weighted by Gasteiger charge is -2.18. The molecule has 8 nitrogen and oxygen atoms in total. The summed E-state index contributed by atoms with van der Waals surface area (Å²) in [4.78, 5) is 37.6. The predicted octanol–water partition coefficient (Wildman–Crippen LogP) is 4.27. The molecule has 0 unspecified atom stereocenters. The molecule has 1 amide bonds. The zero-order valence-corrected chi connectivity index (χ0v) is 21.2. The van der Waals surface area contributed by atoms with Gasteiger partial charge in [0.15, 0.2) is 5.65 Å². The molecule has 2 aliphatic rings. The second-order valence-electron chi connectivity index (χ2n) is 10.6. The minimum Gasteiger partial charge on any atom is -0.342 e. The Kier molecular flexibility index (Phi) is 5.35. The van der Waals surface area contributed by atoms with Crippen molar-refractivity contribution in [2.75, 3.05) is 13.1 Å². The first-order valence-electron chi connectivity index (χ1n) is 13.2. The van der Waals surface area contributed by atoms with Gasteiger partial charge in [-0.2, -0.15) is 5.10 Å². The van der Waals surface area contributed by atoms with Gasteiger partial charge >= 0.3 is 0 Å². The molecule has 1 atom stereocenters. The second kappa shape index (κ2) is 8.90. The lowest BCUT2D eigenvalue weighted by molar-refractivity contribution is -0.131. The van der Waals surface area contributed by atoms with Crippen LogP contribution in [0.25, 0.3) is 44.5 Å². The fourth-order valence-electron chi connectivity index (χ4n) is 5.59. The third-order valence-electron chi connectivity index (χ3n) is 7.90. The van der Waals surface area contributed by atoms with Crippen LogP contribution >= 0.6 is 0 Å². The highest BCUT2D eigenvalue weighted by Crippen LogP contribution is 2.33. The molecule has 2 aromatic carbocycles. The highest BCUT2D eigenvalue weighted by molar-refractivity contribution is 5.84. The molecule has 190 valence electrons. The van der Waals surface area contributed by atoms with Crippen molar-refractivity contribution in [2.24, 2.45) is 18.9 Å². The van der Waals surface area contributed by atoms with Crippen LogP contribution in [0.2, 0.25) is 0 Å². The Balaban J connectivity index is 1.24. The number of carbonyl (C=O) groups excluding carboxylic acids is 1. The standard InChI is InChI=1S/C30H28N6O2/c1-34-28-25(16-32-34)30(38)36(18-19-12-14-35(17-19)29(37)23-9-10-23)27(33-28)22-7-4-20(5-8-22)24-11-6-21-3-2-13-31-26(21)15-24/h2-8,11,13,15-16,19,23H,9-10,12,14,17-18H2,1H3/t19-/m1/s1. The number of aryl methyl sites for hydroxylation is 1. The molecule has 38 heavy (non-hydrogen) atoms. The number of pyridine rings is 1. The van der Waals surface area contributed by atoms with Gasteiger partial charge in [-0.15, -0.1) is 0 Å². The lowest BCUT2D eigenvalue weighted by atomic mass is 10.0. The first-order valence-corrected chi connectivity index (χ1v) is 13.2. The van der Waals surface area contributed by atoms with E-state index < -0.39 is 0 Å². The van der Waals surface area contributed by atoms with Crippen molar-refractivity contribution in [2.45, 2.75) is 25.8 Å². The zero-order valence-electron chi connectivity index (χ0n) is 21.2. The van der Waals surface area contributed by atoms with E-state index in [1.54, 1.807) is 28.7 Å². The van der Waals surface area contributed by atoms with Crippen molar-refractivity contribution in [3.8, 4) is 22.5 Å². The molecule has 3 aromatic heterocycles. The summed E-state index contributed by atoms with van der Waals surface area (Å²) in [6, 6.07) is 18.4. The van der Waals surface area contributed by atoms with Crippen LogP contribution in [0.1, 0.15) is 19.3 Å². The number of hydrogen-bond acceptors (Lipinski definition) is 5. The van der Waals surface area contributed by atoms with Crippen molar-refractivity contribution in [3.63, 3.8) is 0 Å². The summed E-state index contributed by atoms with van der Waals surface area (Å²) in [6.45, 7) is 1.99. The van der Waals surface area contributed by atoms with Gasteiger partial charge in [0.1, 0.15) is 11.2 Å². The number of carbonyl (C=O) groups is 1. The molecule has 8 heteroatoms. The van der Waals surface area contributed by atoms with E-state index in [-0.39, 0.29) is 23.3 Å². The Morgan fingerprint density at radius 1 is 1.00 bits per heavy atom. The molecular formula is C30H28N6O2. The van der Waals surface area contributed by atoms with E-state index in [2.05, 4.69) is 46.5 Å². The van der Waals surface area contributed by atoms with Crippen molar-refractivity contribution in [1.82, 2.24) is 29.2 Å². The highest BCUT2D eigenvalue weighted by Gasteiger charge is 2.37. The number of hydrogen-bond donors (Lipinski definition) is 0. The summed E-state index contributed by atoms with van der Waals surface area (Å²) < 4.78 is 3.43. The summed E-state index contributed by atoms with van der Waals surface area (Å²) in [5.74, 6) is 1.34. The van der Waals surface area contributed by atoms with Crippen LogP contribution in [0.15, 0.2) is 71.8 Å². The Bertz CT molecular complexity index is 1750. The van der Waals surface area contributed by atoms with Crippen LogP contribution in [-0.2, 0) is 18.4 Å². The molecule has 0 bridgehead atoms. The van der Waals surface area contributed by atoms with E-state index in [4.69, 9.17) is 4.98 Å². The van der Waals surface area contributed by atoms with Crippen LogP contribution in [0.4, 0.5) is 0 Å². The van der Waals surface area contributed by atoms with Crippen molar-refractivity contribution in [1.29, 1.82) is 0 Å². The first kappa shape index (κ1) is 22.8. The molecule has 1 aliphatic heterocycles. The molecule has 1 saturated heterocycles. The average molecular weight is 505 g/mol. The van der Waals surface area contributed by atoms with E-state index in [0.717, 1.165) is 53.4 Å². The summed E-state index contributed by atoms with van der Waals surface area (Å²) in [5.41, 5.74) is 4.47. The van der Waals surface area contributed by atoms with Gasteiger partial charge in [0.25, 0.3) is 5.56 Å². The van der Waals surface area contributed by atoms with Gasteiger partial charge in [-0.25, -0.2) is 4.98 Å². The van der Waals surface area contributed by atoms with Gasteiger partial charge in [0.05, 0.1) is 11.7 Å². The Labute approximate surface area is 219 Å². The molecule has 5 aromatic rings. The predicted molar refractivity (Wildman–Crippen MR) is 146 cm³/mol. The van der Waals surface area contributed by atoms with E-state index in [1.165, 1.54) is 0 Å². The molecule has 4 heterocycles. The summed E-state index contributed by atoms with van der Waals surface area (Å²) in [7, 11) is 1.80. The van der Waals surface area contributed by atoms with Crippen molar-refractivity contribution in [3.05, 3.63) is 77.3 Å². The largest absolute Gasteiger partial charge is 0.342 e. The Morgan fingerprint density at radius 2 is 1.79 bits per heavy atom. The van der Waals surface area contributed by atoms with Gasteiger partial charge in [-0.05, 0) is 48.4 Å². The highest BCUT2D eigenvalue weighted by atomic mass is 16.2. The number of aromatic nitrogens is 5. The van der Waals surface area contributed by atoms with E-state index >= 15 is 0 Å². The number of likely N-dealkylation sites (tertiary alicyclic amines) is 1. The van der Waals surface area contributed by atoms with Gasteiger partial charge < -0.3 is 4.90 Å². The van der Waals surface area contributed by atoms with Crippen LogP contribution in [0, 0.1) is 11.8 Å². The number of amides is 1. The summed E-state index contributed by atoms with van der Waals surface area (Å²) >= 11 is 0. The van der Waals surface area contributed by atoms with Crippen LogP contribution < -0.4 is 5.56 Å². The molecule has 1 saturated carbocycles. The smallest absolute Gasteiger partial charge is 0.264 e. The number of fused-ring (bicyclic) bond motifs is 2. The van der Waals surface area contributed by atoms with E-state index in [1.807, 2.05) is 23.1 Å². The minimum absolute atomic E-state index is 0.0882. The molecular weight excluding hydrogens is 476 g/mol. The number of benzene rings is 2. The fraction of sp³-hybridized carbons (Fsp3) is 0.300. The quantitative estimate of drug-likeness (QED) is 0.357. The molecule has 0 N–H and O–H groups in total. The van der Waals surface area contributed by atoms with Crippen LogP contribution in [0.3, 0.4) is 0 Å². The zero-order chi connectivity index (χ0) is 25.8. The first-order chi connectivity index (χ1) is 18.5. The van der Waals surface area contributed by atoms with Crippen LogP contribution in [-0.4, -0.2) is 48.2 Å². The van der Waals surface area contributed by atoms with Gasteiger partial charge in [-0.1, -0.05) is 42.5 Å². The topological polar surface area (TPSA) is 85.9 Å². The Morgan fingerprint density at radius 3 is 2.61 bits per heavy atom. The second-order valence-corrected chi connectivity index (χ2v) is 10.6. The van der Waals surface area contributed by atoms with Gasteiger partial charge in [0.2, 0.25) is 5.91 Å². The lowest BCUT2D eigenvalue weighted by Crippen LogP contribution is -2.32. The Hall–Kier alpha value is -4.33. The average Bonchev–Trinajstić information content (AvgIpc) is 3.59. The number of nitrogens with zero attached hydrogens (tertiary/aromatic N) is 6. The van der Waals surface area contributed by atoms with E-state index in [0.29, 0.717) is 29.9 Å². The van der Waals surface area contributed by atoms with Crippen LogP contribution in [0.5, 0.6) is 0 Å². The molecule has 2 fully saturated rings. The summed E-state index contributed by atoms with van der Waals surface area (Å²) in [5, 5.41) is 5.91. The maximum Gasteiger partial charge on any atom is 0.264 e. The maximum atomic E-state index is 13.7. The number of rotatable bonds is 5. The normalized spacial score (nSPS) is 17.5. The molecule has 0 radical (unpaired) electrons.